The van der Waals surface area contributed by atoms with Gasteiger partial charge in [-0.1, -0.05) is 29.8 Å². The van der Waals surface area contributed by atoms with Crippen LogP contribution in [0.25, 0.3) is 5.69 Å². The largest absolute Gasteiger partial charge is 0.468 e. The lowest BCUT2D eigenvalue weighted by atomic mass is 10.2. The summed E-state index contributed by atoms with van der Waals surface area (Å²) < 4.78 is 6.53. The van der Waals surface area contributed by atoms with E-state index in [9.17, 15) is 9.90 Å². The molecule has 1 aliphatic rings. The van der Waals surface area contributed by atoms with Crippen molar-refractivity contribution in [2.75, 3.05) is 13.7 Å². The fraction of sp³-hybridized carbons (Fsp3) is 0.412. The predicted molar refractivity (Wildman–Crippen MR) is 90.1 cm³/mol. The first-order chi connectivity index (χ1) is 11.5. The number of nitrogens with zero attached hydrogens (tertiary/aromatic N) is 3. The summed E-state index contributed by atoms with van der Waals surface area (Å²) in [7, 11) is 1.36. The van der Waals surface area contributed by atoms with Crippen molar-refractivity contribution >= 4 is 17.6 Å². The van der Waals surface area contributed by atoms with E-state index < -0.39 is 12.1 Å². The average Bonchev–Trinajstić information content (AvgIpc) is 3.09. The lowest BCUT2D eigenvalue weighted by molar-refractivity contribution is -0.146. The number of aryl methyl sites for hydroxylation is 1. The molecule has 1 N–H and O–H groups in total. The number of likely N-dealkylation sites (tertiary alicyclic amines) is 1. The fourth-order valence-corrected chi connectivity index (χ4v) is 3.42. The summed E-state index contributed by atoms with van der Waals surface area (Å²) in [6, 6.07) is 9.18. The number of aliphatic hydroxyl groups excluding tert-OH is 1. The maximum Gasteiger partial charge on any atom is 0.323 e. The Bertz CT molecular complexity index is 732. The summed E-state index contributed by atoms with van der Waals surface area (Å²) >= 11 is 6.54. The number of β-amino-alcohol motifs (C(OH)–C–C–N with tert-alkyl or cyclic N) is 1. The minimum absolute atomic E-state index is 0.337. The van der Waals surface area contributed by atoms with Crippen molar-refractivity contribution < 1.29 is 14.6 Å². The number of benzene rings is 1. The van der Waals surface area contributed by atoms with Crippen LogP contribution < -0.4 is 0 Å². The van der Waals surface area contributed by atoms with E-state index in [2.05, 4.69) is 5.10 Å². The normalized spacial score (nSPS) is 21.2. The van der Waals surface area contributed by atoms with Gasteiger partial charge >= 0.3 is 5.97 Å². The maximum atomic E-state index is 11.9. The van der Waals surface area contributed by atoms with E-state index in [1.807, 2.05) is 42.2 Å². The van der Waals surface area contributed by atoms with Crippen LogP contribution in [-0.4, -0.2) is 51.6 Å². The third-order valence-electron chi connectivity index (χ3n) is 4.34. The molecule has 1 aromatic carbocycles. The number of halogens is 1. The Balaban J connectivity index is 1.88. The highest BCUT2D eigenvalue weighted by atomic mass is 35.5. The highest BCUT2D eigenvalue weighted by Gasteiger charge is 2.37. The lowest BCUT2D eigenvalue weighted by Gasteiger charge is -2.21. The van der Waals surface area contributed by atoms with Crippen LogP contribution in [-0.2, 0) is 16.1 Å². The highest BCUT2D eigenvalue weighted by molar-refractivity contribution is 6.30. The molecule has 7 heteroatoms. The van der Waals surface area contributed by atoms with Crippen molar-refractivity contribution in [2.45, 2.75) is 32.0 Å². The molecular weight excluding hydrogens is 330 g/mol. The number of carbonyl (C=O) groups is 1. The van der Waals surface area contributed by atoms with Crippen LogP contribution in [0.1, 0.15) is 17.7 Å². The standard InChI is InChI=1S/C17H20ClN3O3/c1-11-14(10-20-9-13(22)8-15(20)17(23)24-2)16(18)21(19-11)12-6-4-3-5-7-12/h3-7,13,15,22H,8-10H2,1-2H3/t13-,15+/m1/s1. The number of methoxy groups -OCH3 is 1. The van der Waals surface area contributed by atoms with Crippen molar-refractivity contribution in [1.29, 1.82) is 0 Å². The summed E-state index contributed by atoms with van der Waals surface area (Å²) in [6.45, 7) is 2.74. The monoisotopic (exact) mass is 349 g/mol. The van der Waals surface area contributed by atoms with Crippen molar-refractivity contribution in [3.8, 4) is 5.69 Å². The van der Waals surface area contributed by atoms with Crippen LogP contribution in [0.5, 0.6) is 0 Å². The van der Waals surface area contributed by atoms with Crippen LogP contribution in [0, 0.1) is 6.92 Å². The number of rotatable bonds is 4. The Hall–Kier alpha value is -1.89. The van der Waals surface area contributed by atoms with Gasteiger partial charge in [0.15, 0.2) is 0 Å². The van der Waals surface area contributed by atoms with Crippen molar-refractivity contribution in [3.63, 3.8) is 0 Å². The van der Waals surface area contributed by atoms with E-state index in [-0.39, 0.29) is 5.97 Å². The maximum absolute atomic E-state index is 11.9. The molecule has 0 aliphatic carbocycles. The number of aromatic nitrogens is 2. The van der Waals surface area contributed by atoms with Crippen molar-refractivity contribution in [3.05, 3.63) is 46.7 Å². The molecule has 1 aliphatic heterocycles. The van der Waals surface area contributed by atoms with Crippen LogP contribution >= 0.6 is 11.6 Å². The zero-order valence-corrected chi connectivity index (χ0v) is 14.4. The van der Waals surface area contributed by atoms with E-state index in [4.69, 9.17) is 16.3 Å². The van der Waals surface area contributed by atoms with Gasteiger partial charge < -0.3 is 9.84 Å². The van der Waals surface area contributed by atoms with Gasteiger partial charge in [-0.2, -0.15) is 5.10 Å². The van der Waals surface area contributed by atoms with Crippen LogP contribution in [0.15, 0.2) is 30.3 Å². The highest BCUT2D eigenvalue weighted by Crippen LogP contribution is 2.28. The van der Waals surface area contributed by atoms with Crippen molar-refractivity contribution in [1.82, 2.24) is 14.7 Å². The third-order valence-corrected chi connectivity index (χ3v) is 4.73. The minimum Gasteiger partial charge on any atom is -0.468 e. The van der Waals surface area contributed by atoms with Crippen LogP contribution in [0.4, 0.5) is 0 Å². The van der Waals surface area contributed by atoms with Gasteiger partial charge in [-0.15, -0.1) is 0 Å². The van der Waals surface area contributed by atoms with Gasteiger partial charge in [-0.25, -0.2) is 4.68 Å². The van der Waals surface area contributed by atoms with Gasteiger partial charge in [0.05, 0.1) is 24.6 Å². The number of esters is 1. The molecular formula is C17H20ClN3O3. The third kappa shape index (κ3) is 3.17. The molecule has 1 fully saturated rings. The smallest absolute Gasteiger partial charge is 0.323 e. The molecule has 0 unspecified atom stereocenters. The number of aliphatic hydroxyl groups is 1. The minimum atomic E-state index is -0.544. The van der Waals surface area contributed by atoms with Gasteiger partial charge in [0.2, 0.25) is 0 Å². The number of hydrogen-bond acceptors (Lipinski definition) is 5. The molecule has 24 heavy (non-hydrogen) atoms. The van der Waals surface area contributed by atoms with E-state index in [0.717, 1.165) is 16.9 Å². The number of ether oxygens (including phenoxy) is 1. The van der Waals surface area contributed by atoms with Gasteiger partial charge in [0.1, 0.15) is 11.2 Å². The van der Waals surface area contributed by atoms with Crippen molar-refractivity contribution in [2.24, 2.45) is 0 Å². The quantitative estimate of drug-likeness (QED) is 0.854. The van der Waals surface area contributed by atoms with E-state index in [0.29, 0.717) is 24.7 Å². The Morgan fingerprint density at radius 2 is 2.12 bits per heavy atom. The Labute approximate surface area is 145 Å². The molecule has 2 atom stereocenters. The molecule has 2 heterocycles. The first-order valence-corrected chi connectivity index (χ1v) is 8.18. The molecule has 1 aromatic heterocycles. The molecule has 0 radical (unpaired) electrons. The van der Waals surface area contributed by atoms with E-state index in [1.165, 1.54) is 7.11 Å². The molecule has 0 saturated carbocycles. The zero-order chi connectivity index (χ0) is 17.3. The summed E-state index contributed by atoms with van der Waals surface area (Å²) in [6.07, 6.45) is -0.173. The Kier molecular flexibility index (Phi) is 4.89. The fourth-order valence-electron chi connectivity index (χ4n) is 3.09. The topological polar surface area (TPSA) is 67.6 Å². The Morgan fingerprint density at radius 1 is 1.42 bits per heavy atom. The molecule has 2 aromatic rings. The van der Waals surface area contributed by atoms with Gasteiger partial charge in [-0.05, 0) is 19.1 Å². The average molecular weight is 350 g/mol. The molecule has 0 amide bonds. The first-order valence-electron chi connectivity index (χ1n) is 7.80. The number of hydrogen-bond donors (Lipinski definition) is 1. The molecule has 1 saturated heterocycles. The second kappa shape index (κ2) is 6.93. The van der Waals surface area contributed by atoms with E-state index >= 15 is 0 Å². The zero-order valence-electron chi connectivity index (χ0n) is 13.6. The van der Waals surface area contributed by atoms with Gasteiger partial charge in [0.25, 0.3) is 0 Å². The Morgan fingerprint density at radius 3 is 2.79 bits per heavy atom. The molecule has 0 spiro atoms. The van der Waals surface area contributed by atoms with Crippen LogP contribution in [0.2, 0.25) is 5.15 Å². The summed E-state index contributed by atoms with van der Waals surface area (Å²) in [5.41, 5.74) is 2.53. The predicted octanol–water partition coefficient (Wildman–Crippen LogP) is 1.94. The lowest BCUT2D eigenvalue weighted by Crippen LogP contribution is -2.36. The number of carbonyl (C=O) groups excluding carboxylic acids is 1. The summed E-state index contributed by atoms with van der Waals surface area (Å²) in [5, 5.41) is 14.9. The van der Waals surface area contributed by atoms with Crippen LogP contribution in [0.3, 0.4) is 0 Å². The molecule has 0 bridgehead atoms. The first kappa shape index (κ1) is 17.0. The van der Waals surface area contributed by atoms with Gasteiger partial charge in [-0.3, -0.25) is 9.69 Å². The van der Waals surface area contributed by atoms with E-state index in [1.54, 1.807) is 4.68 Å². The molecule has 3 rings (SSSR count). The summed E-state index contributed by atoms with van der Waals surface area (Å²) in [5.74, 6) is -0.337. The number of para-hydroxylation sites is 1. The SMILES string of the molecule is COC(=O)[C@@H]1C[C@@H](O)CN1Cc1c(C)nn(-c2ccccc2)c1Cl. The van der Waals surface area contributed by atoms with Gasteiger partial charge in [0, 0.05) is 25.1 Å². The summed E-state index contributed by atoms with van der Waals surface area (Å²) in [4.78, 5) is 13.8. The second-order valence-corrected chi connectivity index (χ2v) is 6.32. The second-order valence-electron chi connectivity index (χ2n) is 5.96. The molecule has 128 valence electrons. The molecule has 6 nitrogen and oxygen atoms in total.